The molecule has 10 rings (SSSR count). The van der Waals surface area contributed by atoms with E-state index in [1.165, 1.54) is 32.1 Å². The maximum Gasteiger partial charge on any atom is 0.309 e. The second-order valence-corrected chi connectivity index (χ2v) is 21.8. The summed E-state index contributed by atoms with van der Waals surface area (Å²) in [5, 5.41) is 27.8. The van der Waals surface area contributed by atoms with Crippen molar-refractivity contribution in [2.45, 2.75) is 195 Å². The molecule has 0 spiro atoms. The Morgan fingerprint density at radius 3 is 1.07 bits per heavy atom. The molecule has 3 unspecified atom stereocenters. The number of hydrogen-bond acceptors (Lipinski definition) is 9. The van der Waals surface area contributed by atoms with Crippen molar-refractivity contribution in [2.24, 2.45) is 50.0 Å². The first-order valence-corrected chi connectivity index (χ1v) is 22.7. The summed E-state index contributed by atoms with van der Waals surface area (Å²) >= 11 is 0. The van der Waals surface area contributed by atoms with Gasteiger partial charge in [-0.1, -0.05) is 35.1 Å². The lowest BCUT2D eigenvalue weighted by atomic mass is 9.83. The monoisotopic (exact) mass is 820 g/mol. The number of nitriles is 1. The van der Waals surface area contributed by atoms with Crippen LogP contribution in [0.4, 0.5) is 0 Å². The molecule has 0 aromatic heterocycles. The number of amides is 2. The number of nitrogens with zero attached hydrogens (tertiary/aromatic N) is 1. The highest BCUT2D eigenvalue weighted by Gasteiger charge is 2.59. The average Bonchev–Trinajstić information content (AvgIpc) is 4.05. The van der Waals surface area contributed by atoms with E-state index in [9.17, 15) is 14.4 Å². The third kappa shape index (κ3) is 8.28. The quantitative estimate of drug-likeness (QED) is 0.165. The minimum Gasteiger partial charge on any atom is -0.481 e. The van der Waals surface area contributed by atoms with Crippen LogP contribution in [0.5, 0.6) is 0 Å². The van der Waals surface area contributed by atoms with Crippen LogP contribution in [0, 0.1) is 38.4 Å². The van der Waals surface area contributed by atoms with Gasteiger partial charge in [0.25, 0.3) is 0 Å². The number of rotatable bonds is 6. The maximum atomic E-state index is 11.2. The summed E-state index contributed by atoms with van der Waals surface area (Å²) in [6.45, 7) is 2.43. The second-order valence-electron chi connectivity index (χ2n) is 21.0. The summed E-state index contributed by atoms with van der Waals surface area (Å²) < 4.78 is 0. The highest BCUT2D eigenvalue weighted by molar-refractivity contribution is 7.14. The van der Waals surface area contributed by atoms with Gasteiger partial charge < -0.3 is 28.0 Å². The van der Waals surface area contributed by atoms with E-state index in [2.05, 4.69) is 56.4 Å². The van der Waals surface area contributed by atoms with Crippen molar-refractivity contribution in [3.8, 4) is 6.07 Å². The summed E-state index contributed by atoms with van der Waals surface area (Å²) in [5.74, 6) is -0.827. The summed E-state index contributed by atoms with van der Waals surface area (Å²) in [6.07, 6.45) is 26.5. The number of nitrogens with one attached hydrogen (secondary N) is 3. The van der Waals surface area contributed by atoms with Crippen LogP contribution in [0.2, 0.25) is 0 Å². The first-order chi connectivity index (χ1) is 25.7. The van der Waals surface area contributed by atoms with Gasteiger partial charge in [-0.15, -0.1) is 0 Å². The summed E-state index contributed by atoms with van der Waals surface area (Å²) in [5.41, 5.74) is 23.6. The van der Waals surface area contributed by atoms with Gasteiger partial charge in [0.2, 0.25) is 11.8 Å². The highest BCUT2D eigenvalue weighted by Crippen LogP contribution is 2.59. The molecule has 0 radical (unpaired) electrons. The first kappa shape index (κ1) is 43.6. The Balaban J connectivity index is 0.000000117. The van der Waals surface area contributed by atoms with Crippen molar-refractivity contribution >= 4 is 46.0 Å². The highest BCUT2D eigenvalue weighted by atomic mass is 31.0. The SMILES string of the molecule is CC12CCC(NP)(CC1)C2.N#CC12CCC(N)(CC1)C2.NC(=O)C12CCC(N)(CC1)C2.NC(=O)C12CCC(NP)(CC1)C2.O=C(O)C12CCC(NP)(CC1)C2. The lowest BCUT2D eigenvalue weighted by molar-refractivity contribution is -0.148. The normalized spacial score (nSPS) is 48.1. The van der Waals surface area contributed by atoms with Crippen LogP contribution in [0.15, 0.2) is 0 Å². The van der Waals surface area contributed by atoms with Gasteiger partial charge in [-0.3, -0.25) is 29.6 Å². The largest absolute Gasteiger partial charge is 0.481 e. The number of fused-ring (bicyclic) bond motifs is 10. The molecule has 12 N–H and O–H groups in total. The second kappa shape index (κ2) is 15.2. The Morgan fingerprint density at radius 1 is 0.527 bits per heavy atom. The van der Waals surface area contributed by atoms with Crippen molar-refractivity contribution in [3.63, 3.8) is 0 Å². The number of carbonyl (C=O) groups is 3. The average molecular weight is 821 g/mol. The van der Waals surface area contributed by atoms with Gasteiger partial charge in [0, 0.05) is 27.7 Å². The van der Waals surface area contributed by atoms with Crippen molar-refractivity contribution in [1.29, 1.82) is 5.26 Å². The van der Waals surface area contributed by atoms with Crippen LogP contribution in [0.25, 0.3) is 0 Å². The third-order valence-electron chi connectivity index (χ3n) is 17.3. The molecule has 0 aromatic carbocycles. The van der Waals surface area contributed by atoms with Crippen LogP contribution >= 0.6 is 28.2 Å². The Hall–Kier alpha value is -1.01. The molecule has 10 aliphatic rings. The zero-order valence-corrected chi connectivity index (χ0v) is 36.8. The van der Waals surface area contributed by atoms with Crippen LogP contribution in [-0.4, -0.2) is 50.6 Å². The van der Waals surface area contributed by atoms with Gasteiger partial charge >= 0.3 is 5.97 Å². The molecule has 10 bridgehead atoms. The van der Waals surface area contributed by atoms with E-state index < -0.39 is 5.97 Å². The fourth-order valence-electron chi connectivity index (χ4n) is 13.1. The predicted molar refractivity (Wildman–Crippen MR) is 225 cm³/mol. The molecule has 15 heteroatoms. The zero-order chi connectivity index (χ0) is 40.2. The molecule has 12 nitrogen and oxygen atoms in total. The topological polar surface area (TPSA) is 235 Å². The Labute approximate surface area is 336 Å². The summed E-state index contributed by atoms with van der Waals surface area (Å²) in [6, 6.07) is 2.41. The summed E-state index contributed by atoms with van der Waals surface area (Å²) in [7, 11) is 7.78. The maximum absolute atomic E-state index is 11.2. The molecule has 3 atom stereocenters. The van der Waals surface area contributed by atoms with Crippen LogP contribution < -0.4 is 38.2 Å². The van der Waals surface area contributed by atoms with Gasteiger partial charge in [-0.25, -0.2) is 0 Å². The molecule has 0 aliphatic heterocycles. The van der Waals surface area contributed by atoms with Gasteiger partial charge in [0.15, 0.2) is 0 Å². The molecule has 0 saturated heterocycles. The Bertz CT molecular complexity index is 1460. The Kier molecular flexibility index (Phi) is 12.1. The third-order valence-corrected chi connectivity index (χ3v) is 19.1. The van der Waals surface area contributed by atoms with Crippen molar-refractivity contribution in [1.82, 2.24) is 15.3 Å². The number of nitrogens with two attached hydrogens (primary N) is 4. The fraction of sp³-hybridized carbons (Fsp3) is 0.900. The fourth-order valence-corrected chi connectivity index (χ4v) is 14.3. The first-order valence-electron chi connectivity index (χ1n) is 20.9. The molecule has 2 amide bonds. The van der Waals surface area contributed by atoms with Crippen molar-refractivity contribution < 1.29 is 19.5 Å². The molecule has 0 heterocycles. The van der Waals surface area contributed by atoms with E-state index in [1.807, 2.05) is 0 Å². The van der Waals surface area contributed by atoms with E-state index in [0.717, 1.165) is 128 Å². The minimum absolute atomic E-state index is 0.00521. The van der Waals surface area contributed by atoms with E-state index in [4.69, 9.17) is 33.3 Å². The number of aliphatic carboxylic acids is 1. The van der Waals surface area contributed by atoms with Crippen molar-refractivity contribution in [2.75, 3.05) is 0 Å². The molecule has 10 aliphatic carbocycles. The van der Waals surface area contributed by atoms with Crippen molar-refractivity contribution in [3.05, 3.63) is 0 Å². The molecular formula is C40H71N8O4P3. The van der Waals surface area contributed by atoms with Gasteiger partial charge in [0.1, 0.15) is 0 Å². The number of carbonyl (C=O) groups excluding carboxylic acids is 2. The molecule has 10 saturated carbocycles. The molecule has 10 fully saturated rings. The number of carboxylic acid groups (broad SMARTS) is 1. The summed E-state index contributed by atoms with van der Waals surface area (Å²) in [4.78, 5) is 33.3. The number of primary amides is 2. The number of carboxylic acids is 1. The smallest absolute Gasteiger partial charge is 0.309 e. The number of hydrogen-bond donors (Lipinski definition) is 8. The standard InChI is InChI=1S/C8H15N2OP.C8H14N2O.C8H12N2.C8H14NO2P.C8H16NP/c9-6(11)7-1-3-8(5-7,10-12)4-2-7;9-6(11)7-1-3-8(10,5-7)4-2-7;9-6-7-1-3-8(10,5-7)4-2-7;10-6(11)7-1-3-8(5-7,9-12)4-2-7;1-7-2-4-8(6-7,9-10)5-3-7/h10H,1-5,12H2,(H2,9,11);1-5,10H2,(H2,9,11);1-5,10H2;9H,1-5,12H2,(H,10,11);9H,2-6,10H2,1H3. The molecule has 0 aromatic rings. The molecular weight excluding hydrogens is 749 g/mol. The van der Waals surface area contributed by atoms with Gasteiger partial charge in [-0.05, 0) is 166 Å². The lowest BCUT2D eigenvalue weighted by Gasteiger charge is -2.25. The Morgan fingerprint density at radius 2 is 0.873 bits per heavy atom. The lowest BCUT2D eigenvalue weighted by Crippen LogP contribution is -2.34. The van der Waals surface area contributed by atoms with E-state index in [1.54, 1.807) is 0 Å². The van der Waals surface area contributed by atoms with Gasteiger partial charge in [0.05, 0.1) is 27.7 Å². The van der Waals surface area contributed by atoms with E-state index in [-0.39, 0.29) is 55.6 Å². The molecule has 55 heavy (non-hydrogen) atoms. The minimum atomic E-state index is -0.595. The molecule has 310 valence electrons. The van der Waals surface area contributed by atoms with Crippen LogP contribution in [0.1, 0.15) is 167 Å². The van der Waals surface area contributed by atoms with Gasteiger partial charge in [-0.2, -0.15) is 5.26 Å². The van der Waals surface area contributed by atoms with Crippen LogP contribution in [0.3, 0.4) is 0 Å². The van der Waals surface area contributed by atoms with E-state index in [0.29, 0.717) is 11.0 Å². The predicted octanol–water partition coefficient (Wildman–Crippen LogP) is 5.10. The van der Waals surface area contributed by atoms with Crippen LogP contribution in [-0.2, 0) is 14.4 Å². The zero-order valence-electron chi connectivity index (χ0n) is 33.3. The van der Waals surface area contributed by atoms with E-state index >= 15 is 0 Å².